The van der Waals surface area contributed by atoms with Crippen LogP contribution < -0.4 is 0 Å². The predicted molar refractivity (Wildman–Crippen MR) is 68.6 cm³/mol. The number of rotatable bonds is 3. The first-order chi connectivity index (χ1) is 8.79. The number of hydrogen-bond donors (Lipinski definition) is 0. The Kier molecular flexibility index (Phi) is 5.26. The lowest BCUT2D eigenvalue weighted by Crippen LogP contribution is -2.44. The zero-order valence-corrected chi connectivity index (χ0v) is 11.3. The zero-order chi connectivity index (χ0) is 12.8. The summed E-state index contributed by atoms with van der Waals surface area (Å²) in [6, 6.07) is 0. The highest BCUT2D eigenvalue weighted by molar-refractivity contribution is 5.67. The summed E-state index contributed by atoms with van der Waals surface area (Å²) in [4.78, 5) is 15.9. The van der Waals surface area contributed by atoms with Crippen molar-refractivity contribution in [3.63, 3.8) is 0 Å². The van der Waals surface area contributed by atoms with Crippen LogP contribution in [-0.2, 0) is 9.47 Å². The van der Waals surface area contributed by atoms with Crippen LogP contribution in [0.5, 0.6) is 0 Å². The van der Waals surface area contributed by atoms with Crippen LogP contribution in [0.1, 0.15) is 19.8 Å². The first-order valence-electron chi connectivity index (χ1n) is 7.01. The van der Waals surface area contributed by atoms with Gasteiger partial charge in [-0.05, 0) is 25.7 Å². The van der Waals surface area contributed by atoms with E-state index in [1.165, 1.54) is 0 Å². The van der Waals surface area contributed by atoms with Gasteiger partial charge in [-0.1, -0.05) is 0 Å². The summed E-state index contributed by atoms with van der Waals surface area (Å²) in [5.74, 6) is 0.716. The van der Waals surface area contributed by atoms with Gasteiger partial charge in [-0.25, -0.2) is 4.79 Å². The molecule has 0 spiro atoms. The van der Waals surface area contributed by atoms with Crippen LogP contribution in [-0.4, -0.2) is 68.4 Å². The highest BCUT2D eigenvalue weighted by atomic mass is 16.6. The van der Waals surface area contributed by atoms with Crippen LogP contribution in [0.15, 0.2) is 0 Å². The molecule has 2 aliphatic heterocycles. The van der Waals surface area contributed by atoms with Crippen molar-refractivity contribution < 1.29 is 14.3 Å². The number of carbonyl (C=O) groups is 1. The second-order valence-corrected chi connectivity index (χ2v) is 5.04. The van der Waals surface area contributed by atoms with Crippen molar-refractivity contribution in [2.45, 2.75) is 19.8 Å². The van der Waals surface area contributed by atoms with Crippen molar-refractivity contribution in [2.75, 3.05) is 52.5 Å². The van der Waals surface area contributed by atoms with Crippen LogP contribution in [0.4, 0.5) is 4.79 Å². The summed E-state index contributed by atoms with van der Waals surface area (Å²) in [5, 5.41) is 0. The van der Waals surface area contributed by atoms with E-state index in [2.05, 4.69) is 4.90 Å². The SMILES string of the molecule is CCOC(=O)N1CCC(CN2CCOCC2)CC1. The van der Waals surface area contributed by atoms with Crippen LogP contribution >= 0.6 is 0 Å². The van der Waals surface area contributed by atoms with Crippen LogP contribution in [0, 0.1) is 5.92 Å². The Morgan fingerprint density at radius 2 is 1.89 bits per heavy atom. The van der Waals surface area contributed by atoms with Gasteiger partial charge in [0.2, 0.25) is 0 Å². The Labute approximate surface area is 109 Å². The summed E-state index contributed by atoms with van der Waals surface area (Å²) < 4.78 is 10.4. The third kappa shape index (κ3) is 3.85. The molecule has 5 heteroatoms. The molecule has 0 bridgehead atoms. The molecule has 2 heterocycles. The standard InChI is InChI=1S/C13H24N2O3/c1-2-18-13(16)15-5-3-12(4-6-15)11-14-7-9-17-10-8-14/h12H,2-11H2,1H3. The minimum atomic E-state index is -0.151. The number of hydrogen-bond acceptors (Lipinski definition) is 4. The fraction of sp³-hybridized carbons (Fsp3) is 0.923. The van der Waals surface area contributed by atoms with E-state index in [4.69, 9.17) is 9.47 Å². The van der Waals surface area contributed by atoms with Crippen molar-refractivity contribution >= 4 is 6.09 Å². The van der Waals surface area contributed by atoms with E-state index in [0.29, 0.717) is 12.5 Å². The van der Waals surface area contributed by atoms with E-state index in [9.17, 15) is 4.79 Å². The minimum absolute atomic E-state index is 0.151. The molecule has 0 atom stereocenters. The summed E-state index contributed by atoms with van der Waals surface area (Å²) in [6.45, 7) is 8.98. The average Bonchev–Trinajstić information content (AvgIpc) is 2.41. The molecule has 0 N–H and O–H groups in total. The molecule has 2 aliphatic rings. The van der Waals surface area contributed by atoms with Crippen molar-refractivity contribution in [1.82, 2.24) is 9.80 Å². The van der Waals surface area contributed by atoms with Crippen molar-refractivity contribution in [1.29, 1.82) is 0 Å². The number of likely N-dealkylation sites (tertiary alicyclic amines) is 1. The van der Waals surface area contributed by atoms with Crippen molar-refractivity contribution in [3.8, 4) is 0 Å². The number of piperidine rings is 1. The maximum absolute atomic E-state index is 11.6. The molecule has 2 fully saturated rings. The van der Waals surface area contributed by atoms with Gasteiger partial charge in [0.05, 0.1) is 19.8 Å². The topological polar surface area (TPSA) is 42.0 Å². The zero-order valence-electron chi connectivity index (χ0n) is 11.3. The van der Waals surface area contributed by atoms with Gasteiger partial charge in [-0.3, -0.25) is 4.90 Å². The van der Waals surface area contributed by atoms with Crippen LogP contribution in [0.25, 0.3) is 0 Å². The van der Waals surface area contributed by atoms with Crippen molar-refractivity contribution in [2.24, 2.45) is 5.92 Å². The highest BCUT2D eigenvalue weighted by Gasteiger charge is 2.25. The summed E-state index contributed by atoms with van der Waals surface area (Å²) >= 11 is 0. The third-order valence-corrected chi connectivity index (χ3v) is 3.76. The van der Waals surface area contributed by atoms with Gasteiger partial charge in [0, 0.05) is 32.7 Å². The van der Waals surface area contributed by atoms with Gasteiger partial charge in [0.25, 0.3) is 0 Å². The molecule has 0 saturated carbocycles. The molecule has 0 aromatic carbocycles. The van der Waals surface area contributed by atoms with E-state index < -0.39 is 0 Å². The van der Waals surface area contributed by atoms with Gasteiger partial charge in [-0.15, -0.1) is 0 Å². The Morgan fingerprint density at radius 3 is 2.50 bits per heavy atom. The minimum Gasteiger partial charge on any atom is -0.450 e. The highest BCUT2D eigenvalue weighted by Crippen LogP contribution is 2.19. The van der Waals surface area contributed by atoms with Gasteiger partial charge in [0.1, 0.15) is 0 Å². The molecule has 18 heavy (non-hydrogen) atoms. The Balaban J connectivity index is 1.68. The van der Waals surface area contributed by atoms with E-state index in [1.807, 2.05) is 11.8 Å². The van der Waals surface area contributed by atoms with E-state index in [1.54, 1.807) is 0 Å². The lowest BCUT2D eigenvalue weighted by molar-refractivity contribution is 0.0239. The van der Waals surface area contributed by atoms with Crippen LogP contribution in [0.3, 0.4) is 0 Å². The monoisotopic (exact) mass is 256 g/mol. The largest absolute Gasteiger partial charge is 0.450 e. The molecule has 0 radical (unpaired) electrons. The van der Waals surface area contributed by atoms with Gasteiger partial charge >= 0.3 is 6.09 Å². The maximum atomic E-state index is 11.6. The molecule has 1 amide bonds. The number of nitrogens with zero attached hydrogens (tertiary/aromatic N) is 2. The normalized spacial score (nSPS) is 23.1. The molecule has 0 aliphatic carbocycles. The Hall–Kier alpha value is -0.810. The van der Waals surface area contributed by atoms with E-state index in [0.717, 1.165) is 58.8 Å². The average molecular weight is 256 g/mol. The van der Waals surface area contributed by atoms with Gasteiger partial charge < -0.3 is 14.4 Å². The first-order valence-corrected chi connectivity index (χ1v) is 7.01. The molecule has 0 aromatic heterocycles. The summed E-state index contributed by atoms with van der Waals surface area (Å²) in [7, 11) is 0. The lowest BCUT2D eigenvalue weighted by atomic mass is 9.96. The smallest absolute Gasteiger partial charge is 0.409 e. The molecule has 0 aromatic rings. The first kappa shape index (κ1) is 13.6. The van der Waals surface area contributed by atoms with Crippen LogP contribution in [0.2, 0.25) is 0 Å². The van der Waals surface area contributed by atoms with Crippen molar-refractivity contribution in [3.05, 3.63) is 0 Å². The molecule has 2 rings (SSSR count). The lowest BCUT2D eigenvalue weighted by Gasteiger charge is -2.35. The second kappa shape index (κ2) is 6.95. The predicted octanol–water partition coefficient (Wildman–Crippen LogP) is 1.19. The Morgan fingerprint density at radius 1 is 1.22 bits per heavy atom. The quantitative estimate of drug-likeness (QED) is 0.760. The molecular formula is C13H24N2O3. The number of carbonyl (C=O) groups excluding carboxylic acids is 1. The number of ether oxygens (including phenoxy) is 2. The van der Waals surface area contributed by atoms with Gasteiger partial charge in [0.15, 0.2) is 0 Å². The van der Waals surface area contributed by atoms with E-state index >= 15 is 0 Å². The maximum Gasteiger partial charge on any atom is 0.409 e. The second-order valence-electron chi connectivity index (χ2n) is 5.04. The third-order valence-electron chi connectivity index (χ3n) is 3.76. The summed E-state index contributed by atoms with van der Waals surface area (Å²) in [6.07, 6.45) is 2.04. The fourth-order valence-corrected chi connectivity index (χ4v) is 2.66. The number of morpholine rings is 1. The molecule has 5 nitrogen and oxygen atoms in total. The summed E-state index contributed by atoms with van der Waals surface area (Å²) in [5.41, 5.74) is 0. The molecule has 0 unspecified atom stereocenters. The molecule has 104 valence electrons. The number of amides is 1. The molecule has 2 saturated heterocycles. The fourth-order valence-electron chi connectivity index (χ4n) is 2.66. The van der Waals surface area contributed by atoms with E-state index in [-0.39, 0.29) is 6.09 Å². The molecular weight excluding hydrogens is 232 g/mol. The van der Waals surface area contributed by atoms with Gasteiger partial charge in [-0.2, -0.15) is 0 Å². The Bertz CT molecular complexity index is 259.